The highest BCUT2D eigenvalue weighted by atomic mass is 35.5. The second kappa shape index (κ2) is 8.11. The topological polar surface area (TPSA) is 74.3 Å². The summed E-state index contributed by atoms with van der Waals surface area (Å²) < 4.78 is 49.1. The van der Waals surface area contributed by atoms with Crippen LogP contribution in [0.25, 0.3) is 11.4 Å². The third-order valence-electron chi connectivity index (χ3n) is 6.18. The summed E-state index contributed by atoms with van der Waals surface area (Å²) in [4.78, 5) is 6.72. The zero-order chi connectivity index (χ0) is 22.5. The number of pyridine rings is 1. The van der Waals surface area contributed by atoms with Gasteiger partial charge in [-0.3, -0.25) is 15.0 Å². The van der Waals surface area contributed by atoms with Gasteiger partial charge in [-0.05, 0) is 31.0 Å². The Morgan fingerprint density at radius 1 is 1.28 bits per heavy atom. The number of aliphatic hydroxyl groups excluding tert-OH is 1. The van der Waals surface area contributed by atoms with Crippen LogP contribution < -0.4 is 0 Å². The van der Waals surface area contributed by atoms with E-state index in [4.69, 9.17) is 16.3 Å². The van der Waals surface area contributed by atoms with Gasteiger partial charge in [-0.2, -0.15) is 13.9 Å². The highest BCUT2D eigenvalue weighted by molar-refractivity contribution is 7.16. The quantitative estimate of drug-likeness (QED) is 0.573. The van der Waals surface area contributed by atoms with Crippen molar-refractivity contribution in [2.45, 2.75) is 37.5 Å². The first kappa shape index (κ1) is 21.8. The molecule has 2 aliphatic heterocycles. The number of thiophene rings is 1. The summed E-state index contributed by atoms with van der Waals surface area (Å²) in [5.74, 6) is -3.54. The summed E-state index contributed by atoms with van der Waals surface area (Å²) in [5.41, 5.74) is 0.814. The molecule has 1 spiro atoms. The first-order valence-electron chi connectivity index (χ1n) is 10.2. The predicted octanol–water partition coefficient (Wildman–Crippen LogP) is 4.43. The van der Waals surface area contributed by atoms with Crippen molar-refractivity contribution in [2.24, 2.45) is 0 Å². The SMILES string of the molecule is OCc1[nH]nc(-c2ncccc2F)c1CN1CCC2(CC1)OCC(F)(F)c1cc(Cl)sc12. The number of aromatic nitrogens is 3. The van der Waals surface area contributed by atoms with Crippen molar-refractivity contribution in [3.63, 3.8) is 0 Å². The largest absolute Gasteiger partial charge is 0.390 e. The van der Waals surface area contributed by atoms with E-state index in [-0.39, 0.29) is 17.9 Å². The van der Waals surface area contributed by atoms with E-state index in [0.717, 1.165) is 11.3 Å². The van der Waals surface area contributed by atoms with Crippen molar-refractivity contribution >= 4 is 22.9 Å². The fourth-order valence-electron chi connectivity index (χ4n) is 4.47. The van der Waals surface area contributed by atoms with Crippen LogP contribution in [0.5, 0.6) is 0 Å². The normalized spacial score (nSPS) is 19.9. The van der Waals surface area contributed by atoms with Crippen LogP contribution in [-0.2, 0) is 29.4 Å². The molecule has 0 saturated carbocycles. The lowest BCUT2D eigenvalue weighted by Gasteiger charge is -2.45. The third kappa shape index (κ3) is 3.63. The molecule has 0 amide bonds. The summed E-state index contributed by atoms with van der Waals surface area (Å²) in [7, 11) is 0. The van der Waals surface area contributed by atoms with Crippen molar-refractivity contribution in [1.29, 1.82) is 0 Å². The number of likely N-dealkylation sites (tertiary alicyclic amines) is 1. The summed E-state index contributed by atoms with van der Waals surface area (Å²) in [5, 5.41) is 16.7. The summed E-state index contributed by atoms with van der Waals surface area (Å²) in [6.45, 7) is 0.611. The maximum atomic E-state index is 14.3. The molecule has 170 valence electrons. The summed E-state index contributed by atoms with van der Waals surface area (Å²) in [6.07, 6.45) is 2.53. The summed E-state index contributed by atoms with van der Waals surface area (Å²) in [6, 6.07) is 4.16. The Morgan fingerprint density at radius 2 is 2.06 bits per heavy atom. The van der Waals surface area contributed by atoms with Gasteiger partial charge in [0.2, 0.25) is 0 Å². The van der Waals surface area contributed by atoms with Crippen LogP contribution in [0.2, 0.25) is 4.34 Å². The number of alkyl halides is 2. The number of piperidine rings is 1. The van der Waals surface area contributed by atoms with Gasteiger partial charge in [0.25, 0.3) is 5.92 Å². The van der Waals surface area contributed by atoms with Crippen molar-refractivity contribution in [3.05, 3.63) is 56.2 Å². The van der Waals surface area contributed by atoms with Crippen molar-refractivity contribution < 1.29 is 23.0 Å². The lowest BCUT2D eigenvalue weighted by Crippen LogP contribution is -2.48. The number of rotatable bonds is 4. The van der Waals surface area contributed by atoms with Gasteiger partial charge in [0.05, 0.1) is 16.6 Å². The Kier molecular flexibility index (Phi) is 5.53. The number of nitrogens with one attached hydrogen (secondary N) is 1. The Bertz CT molecular complexity index is 1140. The van der Waals surface area contributed by atoms with E-state index >= 15 is 0 Å². The zero-order valence-corrected chi connectivity index (χ0v) is 18.4. The highest BCUT2D eigenvalue weighted by Gasteiger charge is 2.51. The maximum absolute atomic E-state index is 14.3. The van der Waals surface area contributed by atoms with Gasteiger partial charge in [-0.15, -0.1) is 11.3 Å². The van der Waals surface area contributed by atoms with Crippen LogP contribution in [0.1, 0.15) is 34.5 Å². The molecule has 6 nitrogen and oxygen atoms in total. The van der Waals surface area contributed by atoms with E-state index in [1.54, 1.807) is 0 Å². The Balaban J connectivity index is 1.38. The van der Waals surface area contributed by atoms with Gasteiger partial charge >= 0.3 is 0 Å². The molecule has 11 heteroatoms. The van der Waals surface area contributed by atoms with Crippen LogP contribution in [0.15, 0.2) is 24.4 Å². The molecular weight excluding hydrogens is 465 g/mol. The van der Waals surface area contributed by atoms with Crippen molar-refractivity contribution in [3.8, 4) is 11.4 Å². The van der Waals surface area contributed by atoms with Gasteiger partial charge in [0.1, 0.15) is 23.6 Å². The molecule has 0 aromatic carbocycles. The number of fused-ring (bicyclic) bond motifs is 2. The van der Waals surface area contributed by atoms with E-state index in [0.29, 0.717) is 58.6 Å². The molecule has 3 aromatic rings. The molecule has 0 atom stereocenters. The first-order chi connectivity index (χ1) is 15.3. The highest BCUT2D eigenvalue weighted by Crippen LogP contribution is 2.52. The molecule has 1 fully saturated rings. The first-order valence-corrected chi connectivity index (χ1v) is 11.3. The molecule has 2 N–H and O–H groups in total. The van der Waals surface area contributed by atoms with Gasteiger partial charge in [-0.25, -0.2) is 4.39 Å². The molecule has 0 radical (unpaired) electrons. The van der Waals surface area contributed by atoms with Crippen LogP contribution in [0.4, 0.5) is 13.2 Å². The third-order valence-corrected chi connectivity index (χ3v) is 7.63. The number of aromatic amines is 1. The number of H-pyrrole nitrogens is 1. The van der Waals surface area contributed by atoms with E-state index in [9.17, 15) is 18.3 Å². The fourth-order valence-corrected chi connectivity index (χ4v) is 5.95. The number of nitrogens with zero attached hydrogens (tertiary/aromatic N) is 3. The lowest BCUT2D eigenvalue weighted by atomic mass is 9.84. The van der Waals surface area contributed by atoms with Gasteiger partial charge < -0.3 is 9.84 Å². The monoisotopic (exact) mass is 484 g/mol. The molecule has 5 heterocycles. The Labute approximate surface area is 191 Å². The number of hydrogen-bond donors (Lipinski definition) is 2. The molecule has 1 saturated heterocycles. The van der Waals surface area contributed by atoms with E-state index < -0.39 is 23.9 Å². The second-order valence-corrected chi connectivity index (χ2v) is 9.76. The number of hydrogen-bond acceptors (Lipinski definition) is 6. The minimum absolute atomic E-state index is 0.0301. The molecule has 0 bridgehead atoms. The van der Waals surface area contributed by atoms with Crippen LogP contribution >= 0.6 is 22.9 Å². The average Bonchev–Trinajstić information content (AvgIpc) is 3.38. The molecule has 0 unspecified atom stereocenters. The van der Waals surface area contributed by atoms with Crippen molar-refractivity contribution in [2.75, 3.05) is 19.7 Å². The Hall–Kier alpha value is -1.98. The zero-order valence-electron chi connectivity index (χ0n) is 16.9. The molecule has 0 aliphatic carbocycles. The maximum Gasteiger partial charge on any atom is 0.297 e. The standard InChI is InChI=1S/C21H20ClF3N4O2S/c22-16-8-13-19(32-16)20(31-11-21(13,24)25)3-6-29(7-4-20)9-12-15(10-30)27-28-17(12)18-14(23)2-1-5-26-18/h1-2,5,8,30H,3-4,6-7,9-11H2,(H,27,28). The van der Waals surface area contributed by atoms with Crippen LogP contribution in [0, 0.1) is 5.82 Å². The van der Waals surface area contributed by atoms with E-state index in [1.165, 1.54) is 24.4 Å². The van der Waals surface area contributed by atoms with Crippen molar-refractivity contribution in [1.82, 2.24) is 20.1 Å². The molecule has 3 aromatic heterocycles. The van der Waals surface area contributed by atoms with Gasteiger partial charge in [0.15, 0.2) is 5.82 Å². The van der Waals surface area contributed by atoms with Gasteiger partial charge in [-0.1, -0.05) is 11.6 Å². The average molecular weight is 485 g/mol. The number of aliphatic hydroxyl groups is 1. The lowest BCUT2D eigenvalue weighted by molar-refractivity contribution is -0.182. The van der Waals surface area contributed by atoms with E-state index in [1.807, 2.05) is 0 Å². The number of halogens is 4. The van der Waals surface area contributed by atoms with Crippen LogP contribution in [-0.4, -0.2) is 44.9 Å². The molecule has 32 heavy (non-hydrogen) atoms. The Morgan fingerprint density at radius 3 is 2.78 bits per heavy atom. The molecule has 5 rings (SSSR count). The minimum atomic E-state index is -3.05. The predicted molar refractivity (Wildman–Crippen MR) is 113 cm³/mol. The smallest absolute Gasteiger partial charge is 0.297 e. The molecular formula is C21H20ClF3N4O2S. The van der Waals surface area contributed by atoms with Gasteiger partial charge in [0, 0.05) is 41.8 Å². The fraction of sp³-hybridized carbons (Fsp3) is 0.429. The van der Waals surface area contributed by atoms with E-state index in [2.05, 4.69) is 20.1 Å². The number of ether oxygens (including phenoxy) is 1. The second-order valence-electron chi connectivity index (χ2n) is 8.08. The summed E-state index contributed by atoms with van der Waals surface area (Å²) >= 11 is 7.23. The molecule has 2 aliphatic rings. The van der Waals surface area contributed by atoms with Crippen LogP contribution in [0.3, 0.4) is 0 Å². The minimum Gasteiger partial charge on any atom is -0.390 e.